The summed E-state index contributed by atoms with van der Waals surface area (Å²) in [6.07, 6.45) is 4.75. The van der Waals surface area contributed by atoms with Crippen molar-refractivity contribution in [3.8, 4) is 0 Å². The number of aliphatic hydroxyl groups excluding tert-OH is 1. The van der Waals surface area contributed by atoms with E-state index in [1.54, 1.807) is 0 Å². The number of unbranched alkanes of at least 4 members (excludes halogenated alkanes) is 1. The molecule has 0 aliphatic carbocycles. The Bertz CT molecular complexity index is 112. The molecule has 72 valence electrons. The monoisotopic (exact) mass is 171 g/mol. The molecule has 2 nitrogen and oxygen atoms in total. The van der Waals surface area contributed by atoms with Gasteiger partial charge in [0.25, 0.3) is 0 Å². The third kappa shape index (κ3) is 7.76. The standard InChI is InChI=1S/C10H21NO/c1-4-5-6-7-11-9(2)8-10(3)12/h4,9-12H,1,5-8H2,2-3H3. The predicted octanol–water partition coefficient (Wildman–Crippen LogP) is 1.70. The van der Waals surface area contributed by atoms with Crippen molar-refractivity contribution in [1.82, 2.24) is 5.32 Å². The maximum absolute atomic E-state index is 9.07. The molecule has 2 N–H and O–H groups in total. The van der Waals surface area contributed by atoms with Gasteiger partial charge in [-0.1, -0.05) is 6.08 Å². The first-order chi connectivity index (χ1) is 5.66. The summed E-state index contributed by atoms with van der Waals surface area (Å²) in [7, 11) is 0. The summed E-state index contributed by atoms with van der Waals surface area (Å²) in [4.78, 5) is 0. The Morgan fingerprint density at radius 1 is 1.50 bits per heavy atom. The van der Waals surface area contributed by atoms with E-state index in [0.717, 1.165) is 25.8 Å². The average Bonchev–Trinajstić information content (AvgIpc) is 1.97. The van der Waals surface area contributed by atoms with Crippen molar-refractivity contribution in [3.05, 3.63) is 12.7 Å². The second kappa shape index (κ2) is 7.32. The van der Waals surface area contributed by atoms with Gasteiger partial charge in [-0.2, -0.15) is 0 Å². The first-order valence-electron chi connectivity index (χ1n) is 4.69. The fourth-order valence-corrected chi connectivity index (χ4v) is 1.19. The zero-order valence-corrected chi connectivity index (χ0v) is 8.21. The molecule has 0 saturated carbocycles. The van der Waals surface area contributed by atoms with Crippen molar-refractivity contribution in [2.75, 3.05) is 6.54 Å². The molecule has 0 radical (unpaired) electrons. The molecule has 0 heterocycles. The van der Waals surface area contributed by atoms with Crippen LogP contribution in [0.3, 0.4) is 0 Å². The highest BCUT2D eigenvalue weighted by molar-refractivity contribution is 4.68. The van der Waals surface area contributed by atoms with E-state index in [2.05, 4.69) is 18.8 Å². The van der Waals surface area contributed by atoms with Gasteiger partial charge in [0.1, 0.15) is 0 Å². The Hall–Kier alpha value is -0.340. The third-order valence-electron chi connectivity index (χ3n) is 1.77. The number of hydrogen-bond donors (Lipinski definition) is 2. The normalized spacial score (nSPS) is 15.6. The molecule has 12 heavy (non-hydrogen) atoms. The molecule has 0 spiro atoms. The van der Waals surface area contributed by atoms with Gasteiger partial charge in [0.15, 0.2) is 0 Å². The van der Waals surface area contributed by atoms with Gasteiger partial charge in [-0.3, -0.25) is 0 Å². The van der Waals surface area contributed by atoms with Gasteiger partial charge in [0.2, 0.25) is 0 Å². The van der Waals surface area contributed by atoms with Gasteiger partial charge < -0.3 is 10.4 Å². The number of rotatable bonds is 7. The van der Waals surface area contributed by atoms with Crippen molar-refractivity contribution in [1.29, 1.82) is 0 Å². The van der Waals surface area contributed by atoms with Crippen LogP contribution in [0.25, 0.3) is 0 Å². The van der Waals surface area contributed by atoms with E-state index in [-0.39, 0.29) is 6.10 Å². The van der Waals surface area contributed by atoms with Crippen LogP contribution in [0.2, 0.25) is 0 Å². The maximum Gasteiger partial charge on any atom is 0.0526 e. The molecule has 2 heteroatoms. The molecule has 0 bridgehead atoms. The molecule has 0 amide bonds. The molecular formula is C10H21NO. The third-order valence-corrected chi connectivity index (χ3v) is 1.77. The molecule has 0 saturated heterocycles. The number of nitrogens with one attached hydrogen (secondary N) is 1. The van der Waals surface area contributed by atoms with E-state index in [1.807, 2.05) is 13.0 Å². The minimum absolute atomic E-state index is 0.202. The van der Waals surface area contributed by atoms with Crippen molar-refractivity contribution in [3.63, 3.8) is 0 Å². The topological polar surface area (TPSA) is 32.3 Å². The van der Waals surface area contributed by atoms with Crippen LogP contribution in [0.5, 0.6) is 0 Å². The summed E-state index contributed by atoms with van der Waals surface area (Å²) < 4.78 is 0. The van der Waals surface area contributed by atoms with Gasteiger partial charge in [-0.25, -0.2) is 0 Å². The molecule has 0 aliphatic heterocycles. The van der Waals surface area contributed by atoms with Gasteiger partial charge in [-0.05, 0) is 39.7 Å². The number of hydrogen-bond acceptors (Lipinski definition) is 2. The lowest BCUT2D eigenvalue weighted by Crippen LogP contribution is -2.29. The molecule has 0 aromatic carbocycles. The lowest BCUT2D eigenvalue weighted by atomic mass is 10.1. The lowest BCUT2D eigenvalue weighted by molar-refractivity contribution is 0.171. The van der Waals surface area contributed by atoms with E-state index >= 15 is 0 Å². The highest BCUT2D eigenvalue weighted by Crippen LogP contribution is 1.96. The highest BCUT2D eigenvalue weighted by Gasteiger charge is 2.03. The van der Waals surface area contributed by atoms with E-state index in [4.69, 9.17) is 5.11 Å². The minimum Gasteiger partial charge on any atom is -0.393 e. The van der Waals surface area contributed by atoms with Crippen LogP contribution in [0.1, 0.15) is 33.1 Å². The van der Waals surface area contributed by atoms with Gasteiger partial charge in [-0.15, -0.1) is 6.58 Å². The second-order valence-electron chi connectivity index (χ2n) is 3.37. The first-order valence-corrected chi connectivity index (χ1v) is 4.69. The molecule has 2 unspecified atom stereocenters. The molecule has 0 fully saturated rings. The van der Waals surface area contributed by atoms with E-state index < -0.39 is 0 Å². The Kier molecular flexibility index (Phi) is 7.11. The quantitative estimate of drug-likeness (QED) is 0.451. The van der Waals surface area contributed by atoms with Gasteiger partial charge >= 0.3 is 0 Å². The largest absolute Gasteiger partial charge is 0.393 e. The van der Waals surface area contributed by atoms with Crippen molar-refractivity contribution >= 4 is 0 Å². The van der Waals surface area contributed by atoms with Gasteiger partial charge in [0, 0.05) is 6.04 Å². The van der Waals surface area contributed by atoms with Crippen LogP contribution >= 0.6 is 0 Å². The maximum atomic E-state index is 9.07. The van der Waals surface area contributed by atoms with Crippen LogP contribution in [0, 0.1) is 0 Å². The molecule has 0 aliphatic rings. The van der Waals surface area contributed by atoms with Crippen LogP contribution in [0.15, 0.2) is 12.7 Å². The Morgan fingerprint density at radius 2 is 2.17 bits per heavy atom. The average molecular weight is 171 g/mol. The summed E-state index contributed by atoms with van der Waals surface area (Å²) >= 11 is 0. The van der Waals surface area contributed by atoms with Gasteiger partial charge in [0.05, 0.1) is 6.10 Å². The van der Waals surface area contributed by atoms with E-state index in [1.165, 1.54) is 0 Å². The van der Waals surface area contributed by atoms with Crippen LogP contribution in [-0.2, 0) is 0 Å². The summed E-state index contributed by atoms with van der Waals surface area (Å²) in [5.74, 6) is 0. The van der Waals surface area contributed by atoms with E-state index in [0.29, 0.717) is 6.04 Å². The highest BCUT2D eigenvalue weighted by atomic mass is 16.3. The summed E-state index contributed by atoms with van der Waals surface area (Å²) in [5.41, 5.74) is 0. The summed E-state index contributed by atoms with van der Waals surface area (Å²) in [6, 6.07) is 0.412. The number of aliphatic hydroxyl groups is 1. The smallest absolute Gasteiger partial charge is 0.0526 e. The number of allylic oxidation sites excluding steroid dienone is 1. The second-order valence-corrected chi connectivity index (χ2v) is 3.37. The van der Waals surface area contributed by atoms with Crippen molar-refractivity contribution < 1.29 is 5.11 Å². The van der Waals surface area contributed by atoms with Crippen LogP contribution < -0.4 is 5.32 Å². The Labute approximate surface area is 75.7 Å². The lowest BCUT2D eigenvalue weighted by Gasteiger charge is -2.14. The molecule has 0 aromatic rings. The minimum atomic E-state index is -0.202. The Morgan fingerprint density at radius 3 is 2.67 bits per heavy atom. The summed E-state index contributed by atoms with van der Waals surface area (Å²) in [5, 5.41) is 12.4. The van der Waals surface area contributed by atoms with Crippen LogP contribution in [-0.4, -0.2) is 23.8 Å². The van der Waals surface area contributed by atoms with Crippen LogP contribution in [0.4, 0.5) is 0 Å². The SMILES string of the molecule is C=CCCCNC(C)CC(C)O. The molecular weight excluding hydrogens is 150 g/mol. The summed E-state index contributed by atoms with van der Waals surface area (Å²) in [6.45, 7) is 8.59. The first kappa shape index (κ1) is 11.7. The van der Waals surface area contributed by atoms with E-state index in [9.17, 15) is 0 Å². The predicted molar refractivity (Wildman–Crippen MR) is 53.2 cm³/mol. The zero-order valence-electron chi connectivity index (χ0n) is 8.21. The molecule has 2 atom stereocenters. The molecule has 0 rings (SSSR count). The fraction of sp³-hybridized carbons (Fsp3) is 0.800. The fourth-order valence-electron chi connectivity index (χ4n) is 1.19. The zero-order chi connectivity index (χ0) is 9.40. The Balaban J connectivity index is 3.19. The van der Waals surface area contributed by atoms with Crippen molar-refractivity contribution in [2.24, 2.45) is 0 Å². The molecule has 0 aromatic heterocycles. The van der Waals surface area contributed by atoms with Crippen molar-refractivity contribution in [2.45, 2.75) is 45.3 Å².